The van der Waals surface area contributed by atoms with E-state index in [9.17, 15) is 21.6 Å². The SMILES string of the molecule is Cc1c(C(F)(F)F)cccc1S(=O)(=O)N(C)C(C)(C)CN. The molecule has 0 aliphatic rings. The Balaban J connectivity index is 3.48. The third kappa shape index (κ3) is 3.38. The summed E-state index contributed by atoms with van der Waals surface area (Å²) in [5.41, 5.74) is 3.36. The zero-order valence-corrected chi connectivity index (χ0v) is 13.1. The summed E-state index contributed by atoms with van der Waals surface area (Å²) in [5, 5.41) is 0. The molecule has 0 spiro atoms. The summed E-state index contributed by atoms with van der Waals surface area (Å²) in [4.78, 5) is -0.360. The molecule has 0 aliphatic carbocycles. The van der Waals surface area contributed by atoms with E-state index in [1.807, 2.05) is 0 Å². The van der Waals surface area contributed by atoms with E-state index in [1.54, 1.807) is 13.8 Å². The smallest absolute Gasteiger partial charge is 0.329 e. The number of nitrogens with two attached hydrogens (primary N) is 1. The standard InChI is InChI=1S/C13H19F3N2O2S/c1-9-10(13(14,15)16)6-5-7-11(9)21(19,20)18(4)12(2,3)8-17/h5-7H,8,17H2,1-4H3. The van der Waals surface area contributed by atoms with Gasteiger partial charge in [-0.3, -0.25) is 0 Å². The maximum Gasteiger partial charge on any atom is 0.416 e. The molecule has 0 bridgehead atoms. The van der Waals surface area contributed by atoms with Crippen molar-refractivity contribution in [1.82, 2.24) is 4.31 Å². The largest absolute Gasteiger partial charge is 0.416 e. The molecular weight excluding hydrogens is 305 g/mol. The average molecular weight is 324 g/mol. The molecule has 0 amide bonds. The van der Waals surface area contributed by atoms with Crippen LogP contribution in [-0.2, 0) is 16.2 Å². The molecule has 2 N–H and O–H groups in total. The first-order valence-corrected chi connectivity index (χ1v) is 7.65. The lowest BCUT2D eigenvalue weighted by atomic mass is 10.1. The average Bonchev–Trinajstić information content (AvgIpc) is 2.36. The number of hydrogen-bond acceptors (Lipinski definition) is 3. The lowest BCUT2D eigenvalue weighted by molar-refractivity contribution is -0.138. The van der Waals surface area contributed by atoms with Gasteiger partial charge in [-0.25, -0.2) is 8.42 Å². The molecular formula is C13H19F3N2O2S. The predicted molar refractivity (Wildman–Crippen MR) is 74.3 cm³/mol. The van der Waals surface area contributed by atoms with E-state index in [1.165, 1.54) is 13.1 Å². The lowest BCUT2D eigenvalue weighted by Gasteiger charge is -2.34. The van der Waals surface area contributed by atoms with Crippen LogP contribution in [0, 0.1) is 6.92 Å². The van der Waals surface area contributed by atoms with Crippen LogP contribution in [0.15, 0.2) is 23.1 Å². The van der Waals surface area contributed by atoms with E-state index < -0.39 is 27.3 Å². The molecule has 0 heterocycles. The van der Waals surface area contributed by atoms with Gasteiger partial charge in [0.05, 0.1) is 10.5 Å². The molecule has 0 atom stereocenters. The van der Waals surface area contributed by atoms with Crippen molar-refractivity contribution in [2.24, 2.45) is 5.73 Å². The van der Waals surface area contributed by atoms with Gasteiger partial charge in [-0.2, -0.15) is 17.5 Å². The Morgan fingerprint density at radius 1 is 1.24 bits per heavy atom. The fourth-order valence-corrected chi connectivity index (χ4v) is 3.57. The maximum absolute atomic E-state index is 12.9. The minimum absolute atomic E-state index is 0.0424. The first kappa shape index (κ1) is 17.9. The second-order valence-electron chi connectivity index (χ2n) is 5.42. The summed E-state index contributed by atoms with van der Waals surface area (Å²) in [7, 11) is -2.76. The summed E-state index contributed by atoms with van der Waals surface area (Å²) in [6, 6.07) is 3.12. The molecule has 1 rings (SSSR count). The molecule has 120 valence electrons. The Kier molecular flexibility index (Phi) is 4.77. The first-order valence-electron chi connectivity index (χ1n) is 6.21. The molecule has 8 heteroatoms. The van der Waals surface area contributed by atoms with Crippen LogP contribution < -0.4 is 5.73 Å². The number of rotatable bonds is 4. The Bertz CT molecular complexity index is 625. The van der Waals surface area contributed by atoms with Crippen molar-refractivity contribution < 1.29 is 21.6 Å². The lowest BCUT2D eigenvalue weighted by Crippen LogP contribution is -2.50. The third-order valence-corrected chi connectivity index (χ3v) is 5.79. The van der Waals surface area contributed by atoms with Crippen LogP contribution in [0.3, 0.4) is 0 Å². The minimum Gasteiger partial charge on any atom is -0.329 e. The number of benzene rings is 1. The van der Waals surface area contributed by atoms with E-state index >= 15 is 0 Å². The minimum atomic E-state index is -4.60. The van der Waals surface area contributed by atoms with E-state index in [-0.39, 0.29) is 17.0 Å². The van der Waals surface area contributed by atoms with Crippen LogP contribution in [0.25, 0.3) is 0 Å². The summed E-state index contributed by atoms with van der Waals surface area (Å²) < 4.78 is 64.8. The first-order chi connectivity index (χ1) is 9.35. The van der Waals surface area contributed by atoms with Crippen LogP contribution >= 0.6 is 0 Å². The van der Waals surface area contributed by atoms with Crippen LogP contribution in [0.4, 0.5) is 13.2 Å². The highest BCUT2D eigenvalue weighted by Gasteiger charge is 2.38. The molecule has 4 nitrogen and oxygen atoms in total. The molecule has 0 aromatic heterocycles. The van der Waals surface area contributed by atoms with Gasteiger partial charge in [0.15, 0.2) is 0 Å². The Morgan fingerprint density at radius 2 is 1.76 bits per heavy atom. The highest BCUT2D eigenvalue weighted by Crippen LogP contribution is 2.35. The van der Waals surface area contributed by atoms with Gasteiger partial charge in [-0.15, -0.1) is 0 Å². The summed E-state index contributed by atoms with van der Waals surface area (Å²) in [5.74, 6) is 0. The Hall–Kier alpha value is -1.12. The van der Waals surface area contributed by atoms with Crippen molar-refractivity contribution in [3.63, 3.8) is 0 Å². The summed E-state index contributed by atoms with van der Waals surface area (Å²) in [6.45, 7) is 4.40. The normalized spacial score (nSPS) is 13.8. The van der Waals surface area contributed by atoms with Crippen LogP contribution in [-0.4, -0.2) is 31.9 Å². The van der Waals surface area contributed by atoms with Gasteiger partial charge in [-0.05, 0) is 38.5 Å². The van der Waals surface area contributed by atoms with Crippen LogP contribution in [0.1, 0.15) is 25.0 Å². The van der Waals surface area contributed by atoms with Crippen molar-refractivity contribution >= 4 is 10.0 Å². The number of sulfonamides is 1. The number of alkyl halides is 3. The number of nitrogens with zero attached hydrogens (tertiary/aromatic N) is 1. The van der Waals surface area contributed by atoms with Crippen molar-refractivity contribution in [3.05, 3.63) is 29.3 Å². The Labute approximate surface area is 122 Å². The van der Waals surface area contributed by atoms with Crippen molar-refractivity contribution in [2.45, 2.75) is 37.4 Å². The molecule has 0 saturated heterocycles. The monoisotopic (exact) mass is 324 g/mol. The van der Waals surface area contributed by atoms with Gasteiger partial charge < -0.3 is 5.73 Å². The van der Waals surface area contributed by atoms with Gasteiger partial charge in [0.25, 0.3) is 0 Å². The van der Waals surface area contributed by atoms with E-state index in [4.69, 9.17) is 5.73 Å². The predicted octanol–water partition coefficient (Wildman–Crippen LogP) is 2.37. The Morgan fingerprint density at radius 3 is 2.19 bits per heavy atom. The molecule has 0 fully saturated rings. The van der Waals surface area contributed by atoms with Gasteiger partial charge in [-0.1, -0.05) is 6.07 Å². The molecule has 0 aliphatic heterocycles. The highest BCUT2D eigenvalue weighted by molar-refractivity contribution is 7.89. The molecule has 0 saturated carbocycles. The van der Waals surface area contributed by atoms with Gasteiger partial charge in [0.1, 0.15) is 0 Å². The van der Waals surface area contributed by atoms with Crippen LogP contribution in [0.2, 0.25) is 0 Å². The fourth-order valence-electron chi connectivity index (χ4n) is 1.80. The zero-order chi connectivity index (χ0) is 16.6. The number of likely N-dealkylation sites (N-methyl/N-ethyl adjacent to an activating group) is 1. The van der Waals surface area contributed by atoms with E-state index in [2.05, 4.69) is 0 Å². The maximum atomic E-state index is 12.9. The second-order valence-corrected chi connectivity index (χ2v) is 7.35. The molecule has 1 aromatic carbocycles. The topological polar surface area (TPSA) is 63.4 Å². The molecule has 21 heavy (non-hydrogen) atoms. The van der Waals surface area contributed by atoms with E-state index in [0.717, 1.165) is 23.4 Å². The molecule has 0 radical (unpaired) electrons. The number of hydrogen-bond donors (Lipinski definition) is 1. The molecule has 0 unspecified atom stereocenters. The van der Waals surface area contributed by atoms with Gasteiger partial charge in [0, 0.05) is 19.1 Å². The fraction of sp³-hybridized carbons (Fsp3) is 0.538. The van der Waals surface area contributed by atoms with Crippen LogP contribution in [0.5, 0.6) is 0 Å². The van der Waals surface area contributed by atoms with Gasteiger partial charge in [0.2, 0.25) is 10.0 Å². The summed E-state index contributed by atoms with van der Waals surface area (Å²) >= 11 is 0. The van der Waals surface area contributed by atoms with E-state index in [0.29, 0.717) is 0 Å². The van der Waals surface area contributed by atoms with Crippen molar-refractivity contribution in [2.75, 3.05) is 13.6 Å². The third-order valence-electron chi connectivity index (χ3n) is 3.58. The highest BCUT2D eigenvalue weighted by atomic mass is 32.2. The zero-order valence-electron chi connectivity index (χ0n) is 12.3. The molecule has 1 aromatic rings. The van der Waals surface area contributed by atoms with Gasteiger partial charge >= 0.3 is 6.18 Å². The van der Waals surface area contributed by atoms with Crippen molar-refractivity contribution in [3.8, 4) is 0 Å². The number of halogens is 3. The summed E-state index contributed by atoms with van der Waals surface area (Å²) in [6.07, 6.45) is -4.60. The quantitative estimate of drug-likeness (QED) is 0.925. The van der Waals surface area contributed by atoms with Crippen molar-refractivity contribution in [1.29, 1.82) is 0 Å². The second kappa shape index (κ2) is 5.58.